The van der Waals surface area contributed by atoms with Crippen molar-refractivity contribution in [2.45, 2.75) is 26.3 Å². The number of methoxy groups -OCH3 is 1. The second kappa shape index (κ2) is 7.08. The molecule has 0 atom stereocenters. The minimum atomic E-state index is -1.07. The van der Waals surface area contributed by atoms with E-state index in [1.165, 1.54) is 4.90 Å². The van der Waals surface area contributed by atoms with Gasteiger partial charge in [-0.3, -0.25) is 9.69 Å². The van der Waals surface area contributed by atoms with Gasteiger partial charge in [-0.2, -0.15) is 0 Å². The number of ether oxygens (including phenoxy) is 1. The lowest BCUT2D eigenvalue weighted by Crippen LogP contribution is -2.53. The molecule has 0 aliphatic rings. The molecule has 0 radical (unpaired) electrons. The van der Waals surface area contributed by atoms with Crippen LogP contribution in [0.25, 0.3) is 0 Å². The van der Waals surface area contributed by atoms with Crippen LogP contribution in [0.5, 0.6) is 0 Å². The number of benzene rings is 1. The van der Waals surface area contributed by atoms with E-state index in [-0.39, 0.29) is 0 Å². The van der Waals surface area contributed by atoms with Gasteiger partial charge < -0.3 is 15.2 Å². The fourth-order valence-electron chi connectivity index (χ4n) is 1.89. The van der Waals surface area contributed by atoms with Gasteiger partial charge in [0.05, 0.1) is 12.1 Å². The van der Waals surface area contributed by atoms with Gasteiger partial charge >= 0.3 is 12.0 Å². The zero-order valence-electron chi connectivity index (χ0n) is 12.8. The van der Waals surface area contributed by atoms with E-state index < -0.39 is 24.1 Å². The van der Waals surface area contributed by atoms with Crippen molar-refractivity contribution in [2.24, 2.45) is 0 Å². The number of carboxylic acids is 1. The Morgan fingerprint density at radius 2 is 1.86 bits per heavy atom. The van der Waals surface area contributed by atoms with Crippen molar-refractivity contribution in [2.75, 3.05) is 25.2 Å². The average Bonchev–Trinajstić information content (AvgIpc) is 2.36. The second-order valence-electron chi connectivity index (χ2n) is 5.56. The molecule has 1 aromatic rings. The van der Waals surface area contributed by atoms with E-state index >= 15 is 0 Å². The summed E-state index contributed by atoms with van der Waals surface area (Å²) in [6, 6.07) is 6.64. The van der Waals surface area contributed by atoms with Crippen molar-refractivity contribution >= 4 is 17.7 Å². The fraction of sp³-hybridized carbons (Fsp3) is 0.467. The zero-order valence-corrected chi connectivity index (χ0v) is 12.8. The molecule has 0 heterocycles. The number of hydrogen-bond acceptors (Lipinski definition) is 3. The monoisotopic (exact) mass is 294 g/mol. The zero-order chi connectivity index (χ0) is 16.0. The molecule has 6 nitrogen and oxygen atoms in total. The molecule has 0 bridgehead atoms. The Morgan fingerprint density at radius 3 is 2.33 bits per heavy atom. The summed E-state index contributed by atoms with van der Waals surface area (Å²) in [5, 5.41) is 11.8. The minimum Gasteiger partial charge on any atom is -0.480 e. The van der Waals surface area contributed by atoms with Gasteiger partial charge in [0.15, 0.2) is 0 Å². The van der Waals surface area contributed by atoms with Crippen LogP contribution in [0.3, 0.4) is 0 Å². The Bertz CT molecular complexity index is 497. The predicted octanol–water partition coefficient (Wildman–Crippen LogP) is 2.02. The smallest absolute Gasteiger partial charge is 0.323 e. The number of aliphatic carboxylic acids is 1. The maximum absolute atomic E-state index is 12.4. The van der Waals surface area contributed by atoms with Gasteiger partial charge in [-0.1, -0.05) is 17.7 Å². The molecule has 0 aliphatic heterocycles. The van der Waals surface area contributed by atoms with Gasteiger partial charge in [-0.05, 0) is 32.9 Å². The molecular formula is C15H22N2O4. The largest absolute Gasteiger partial charge is 0.480 e. The molecule has 1 aromatic carbocycles. The molecular weight excluding hydrogens is 272 g/mol. The fourth-order valence-corrected chi connectivity index (χ4v) is 1.89. The lowest BCUT2D eigenvalue weighted by molar-refractivity contribution is -0.135. The van der Waals surface area contributed by atoms with Crippen LogP contribution in [0.15, 0.2) is 24.3 Å². The van der Waals surface area contributed by atoms with Crippen LogP contribution in [0.1, 0.15) is 19.4 Å². The van der Waals surface area contributed by atoms with Crippen molar-refractivity contribution in [3.05, 3.63) is 29.8 Å². The molecule has 0 aliphatic carbocycles. The number of nitrogens with zero attached hydrogens (tertiary/aromatic N) is 1. The standard InChI is InChI=1S/C15H22N2O4/c1-11-5-7-12(8-6-11)17(9-13(18)19)14(20)16-15(2,3)10-21-4/h5-8H,9-10H2,1-4H3,(H,16,20)(H,18,19). The van der Waals surface area contributed by atoms with E-state index in [0.717, 1.165) is 5.56 Å². The summed E-state index contributed by atoms with van der Waals surface area (Å²) in [5.41, 5.74) is 0.982. The number of nitrogens with one attached hydrogen (secondary N) is 1. The third kappa shape index (κ3) is 5.43. The quantitative estimate of drug-likeness (QED) is 0.841. The molecule has 6 heteroatoms. The van der Waals surface area contributed by atoms with E-state index in [2.05, 4.69) is 5.32 Å². The molecule has 21 heavy (non-hydrogen) atoms. The van der Waals surface area contributed by atoms with E-state index in [4.69, 9.17) is 9.84 Å². The normalized spacial score (nSPS) is 11.0. The maximum Gasteiger partial charge on any atom is 0.323 e. The summed E-state index contributed by atoms with van der Waals surface area (Å²) in [4.78, 5) is 24.5. The third-order valence-corrected chi connectivity index (χ3v) is 2.83. The van der Waals surface area contributed by atoms with Crippen molar-refractivity contribution in [3.8, 4) is 0 Å². The molecule has 0 aromatic heterocycles. The lowest BCUT2D eigenvalue weighted by Gasteiger charge is -2.29. The molecule has 2 amide bonds. The summed E-state index contributed by atoms with van der Waals surface area (Å²) in [6.07, 6.45) is 0. The summed E-state index contributed by atoms with van der Waals surface area (Å²) in [5.74, 6) is -1.07. The van der Waals surface area contributed by atoms with Crippen LogP contribution in [-0.4, -0.2) is 42.9 Å². The van der Waals surface area contributed by atoms with Crippen LogP contribution in [-0.2, 0) is 9.53 Å². The molecule has 0 saturated carbocycles. The molecule has 116 valence electrons. The number of carboxylic acid groups (broad SMARTS) is 1. The van der Waals surface area contributed by atoms with Crippen LogP contribution in [0, 0.1) is 6.92 Å². The van der Waals surface area contributed by atoms with E-state index in [9.17, 15) is 9.59 Å². The van der Waals surface area contributed by atoms with Crippen LogP contribution in [0.2, 0.25) is 0 Å². The first-order chi connectivity index (χ1) is 9.75. The van der Waals surface area contributed by atoms with Gasteiger partial charge in [0.2, 0.25) is 0 Å². The van der Waals surface area contributed by atoms with E-state index in [1.807, 2.05) is 32.9 Å². The number of anilines is 1. The number of aryl methyl sites for hydroxylation is 1. The third-order valence-electron chi connectivity index (χ3n) is 2.83. The number of carbonyl (C=O) groups excluding carboxylic acids is 1. The first-order valence-corrected chi connectivity index (χ1v) is 6.62. The topological polar surface area (TPSA) is 78.9 Å². The van der Waals surface area contributed by atoms with Crippen molar-refractivity contribution in [1.82, 2.24) is 5.32 Å². The van der Waals surface area contributed by atoms with Gasteiger partial charge in [-0.15, -0.1) is 0 Å². The SMILES string of the molecule is COCC(C)(C)NC(=O)N(CC(=O)O)c1ccc(C)cc1. The Kier molecular flexibility index (Phi) is 5.72. The minimum absolute atomic E-state index is 0.327. The maximum atomic E-state index is 12.4. The molecule has 0 saturated heterocycles. The molecule has 0 unspecified atom stereocenters. The van der Waals surface area contributed by atoms with E-state index in [0.29, 0.717) is 12.3 Å². The number of urea groups is 1. The predicted molar refractivity (Wildman–Crippen MR) is 80.6 cm³/mol. The molecule has 0 fully saturated rings. The number of amides is 2. The first kappa shape index (κ1) is 17.0. The van der Waals surface area contributed by atoms with Crippen LogP contribution < -0.4 is 10.2 Å². The van der Waals surface area contributed by atoms with Crippen molar-refractivity contribution in [3.63, 3.8) is 0 Å². The van der Waals surface area contributed by atoms with Crippen LogP contribution in [0.4, 0.5) is 10.5 Å². The summed E-state index contributed by atoms with van der Waals surface area (Å²) >= 11 is 0. The molecule has 1 rings (SSSR count). The lowest BCUT2D eigenvalue weighted by atomic mass is 10.1. The second-order valence-corrected chi connectivity index (χ2v) is 5.56. The Balaban J connectivity index is 2.94. The summed E-state index contributed by atoms with van der Waals surface area (Å²) in [7, 11) is 1.54. The summed E-state index contributed by atoms with van der Waals surface area (Å²) in [6.45, 7) is 5.46. The van der Waals surface area contributed by atoms with Gasteiger partial charge in [-0.25, -0.2) is 4.79 Å². The number of carbonyl (C=O) groups is 2. The van der Waals surface area contributed by atoms with Crippen molar-refractivity contribution < 1.29 is 19.4 Å². The van der Waals surface area contributed by atoms with E-state index in [1.54, 1.807) is 19.2 Å². The van der Waals surface area contributed by atoms with Gasteiger partial charge in [0.25, 0.3) is 0 Å². The summed E-state index contributed by atoms with van der Waals surface area (Å²) < 4.78 is 5.04. The Labute approximate surface area is 124 Å². The van der Waals surface area contributed by atoms with Gasteiger partial charge in [0.1, 0.15) is 6.54 Å². The van der Waals surface area contributed by atoms with Crippen molar-refractivity contribution in [1.29, 1.82) is 0 Å². The first-order valence-electron chi connectivity index (χ1n) is 6.62. The molecule has 2 N–H and O–H groups in total. The highest BCUT2D eigenvalue weighted by atomic mass is 16.5. The highest BCUT2D eigenvalue weighted by Crippen LogP contribution is 2.16. The number of rotatable bonds is 6. The highest BCUT2D eigenvalue weighted by Gasteiger charge is 2.25. The Hall–Kier alpha value is -2.08. The molecule has 0 spiro atoms. The van der Waals surface area contributed by atoms with Gasteiger partial charge in [0, 0.05) is 12.8 Å². The Morgan fingerprint density at radius 1 is 1.29 bits per heavy atom. The average molecular weight is 294 g/mol. The number of hydrogen-bond donors (Lipinski definition) is 2. The highest BCUT2D eigenvalue weighted by molar-refractivity contribution is 5.96. The van der Waals surface area contributed by atoms with Crippen LogP contribution >= 0.6 is 0 Å².